The summed E-state index contributed by atoms with van der Waals surface area (Å²) < 4.78 is 4.84. The van der Waals surface area contributed by atoms with Crippen LogP contribution in [0.2, 0.25) is 0 Å². The monoisotopic (exact) mass is 249 g/mol. The van der Waals surface area contributed by atoms with Crippen molar-refractivity contribution in [1.29, 1.82) is 0 Å². The van der Waals surface area contributed by atoms with Crippen LogP contribution in [-0.4, -0.2) is 30.6 Å². The van der Waals surface area contributed by atoms with E-state index in [1.807, 2.05) is 0 Å². The van der Waals surface area contributed by atoms with Crippen LogP contribution in [0.1, 0.15) is 18.6 Å². The standard InChI is InChI=1S/C13H15NO4/c1-3-18-13(17)10-11(15)8-6-4-5-7-9(8)14(2)12(10)16/h4-7,10-11,15H,3H2,1-2H3. The Morgan fingerprint density at radius 3 is 2.78 bits per heavy atom. The molecule has 0 bridgehead atoms. The Kier molecular flexibility index (Phi) is 3.34. The minimum Gasteiger partial charge on any atom is -0.465 e. The first-order valence-electron chi connectivity index (χ1n) is 5.79. The van der Waals surface area contributed by atoms with Gasteiger partial charge in [0.1, 0.15) is 6.10 Å². The van der Waals surface area contributed by atoms with Gasteiger partial charge in [-0.25, -0.2) is 0 Å². The molecule has 0 radical (unpaired) electrons. The highest BCUT2D eigenvalue weighted by Gasteiger charge is 2.43. The lowest BCUT2D eigenvalue weighted by Crippen LogP contribution is -2.45. The van der Waals surface area contributed by atoms with Crippen molar-refractivity contribution in [1.82, 2.24) is 0 Å². The first kappa shape index (κ1) is 12.6. The topological polar surface area (TPSA) is 66.8 Å². The number of hydrogen-bond donors (Lipinski definition) is 1. The second kappa shape index (κ2) is 4.78. The summed E-state index contributed by atoms with van der Waals surface area (Å²) in [6.07, 6.45) is -1.15. The van der Waals surface area contributed by atoms with Gasteiger partial charge in [0.05, 0.1) is 6.61 Å². The van der Waals surface area contributed by atoms with E-state index in [9.17, 15) is 14.7 Å². The summed E-state index contributed by atoms with van der Waals surface area (Å²) in [5.41, 5.74) is 1.19. The van der Waals surface area contributed by atoms with Crippen molar-refractivity contribution in [3.63, 3.8) is 0 Å². The van der Waals surface area contributed by atoms with E-state index in [0.29, 0.717) is 11.3 Å². The highest BCUT2D eigenvalue weighted by Crippen LogP contribution is 2.37. The molecule has 1 amide bonds. The van der Waals surface area contributed by atoms with Crippen LogP contribution in [0.15, 0.2) is 24.3 Å². The van der Waals surface area contributed by atoms with Crippen LogP contribution >= 0.6 is 0 Å². The Labute approximate surface area is 105 Å². The third-order valence-electron chi connectivity index (χ3n) is 3.07. The lowest BCUT2D eigenvalue weighted by Gasteiger charge is -2.33. The summed E-state index contributed by atoms with van der Waals surface area (Å²) in [6.45, 7) is 1.84. The van der Waals surface area contributed by atoms with Gasteiger partial charge in [-0.15, -0.1) is 0 Å². The number of nitrogens with zero attached hydrogens (tertiary/aromatic N) is 1. The fraction of sp³-hybridized carbons (Fsp3) is 0.385. The van der Waals surface area contributed by atoms with Crippen molar-refractivity contribution in [3.8, 4) is 0 Å². The lowest BCUT2D eigenvalue weighted by atomic mass is 9.89. The normalized spacial score (nSPS) is 22.6. The predicted octanol–water partition coefficient (Wildman–Crippen LogP) is 0.876. The molecule has 0 aromatic heterocycles. The molecule has 0 spiro atoms. The van der Waals surface area contributed by atoms with Gasteiger partial charge in [-0.3, -0.25) is 9.59 Å². The summed E-state index contributed by atoms with van der Waals surface area (Å²) in [5, 5.41) is 10.2. The van der Waals surface area contributed by atoms with Gasteiger partial charge in [-0.1, -0.05) is 18.2 Å². The Morgan fingerprint density at radius 2 is 2.11 bits per heavy atom. The fourth-order valence-electron chi connectivity index (χ4n) is 2.15. The number of para-hydroxylation sites is 1. The highest BCUT2D eigenvalue weighted by molar-refractivity contribution is 6.08. The third-order valence-corrected chi connectivity index (χ3v) is 3.07. The van der Waals surface area contributed by atoms with Crippen LogP contribution in [0, 0.1) is 5.92 Å². The third kappa shape index (κ3) is 1.86. The molecule has 96 valence electrons. The van der Waals surface area contributed by atoms with Crippen molar-refractivity contribution < 1.29 is 19.4 Å². The first-order chi connectivity index (χ1) is 8.57. The number of ether oxygens (including phenoxy) is 1. The largest absolute Gasteiger partial charge is 0.465 e. The molecule has 5 nitrogen and oxygen atoms in total. The molecule has 2 unspecified atom stereocenters. The summed E-state index contributed by atoms with van der Waals surface area (Å²) in [4.78, 5) is 25.2. The minimum absolute atomic E-state index is 0.181. The van der Waals surface area contributed by atoms with E-state index in [1.54, 1.807) is 38.2 Å². The number of fused-ring (bicyclic) bond motifs is 1. The van der Waals surface area contributed by atoms with E-state index in [1.165, 1.54) is 4.90 Å². The molecule has 18 heavy (non-hydrogen) atoms. The van der Waals surface area contributed by atoms with Gasteiger partial charge in [-0.05, 0) is 13.0 Å². The zero-order valence-electron chi connectivity index (χ0n) is 10.3. The van der Waals surface area contributed by atoms with Crippen LogP contribution < -0.4 is 4.90 Å². The minimum atomic E-state index is -1.18. The second-order valence-electron chi connectivity index (χ2n) is 4.13. The SMILES string of the molecule is CCOC(=O)C1C(=O)N(C)c2ccccc2C1O. The maximum atomic E-state index is 12.1. The number of esters is 1. The Bertz CT molecular complexity index is 486. The molecule has 1 heterocycles. The first-order valence-corrected chi connectivity index (χ1v) is 5.79. The van der Waals surface area contributed by atoms with Gasteiger partial charge >= 0.3 is 5.97 Å². The van der Waals surface area contributed by atoms with Crippen molar-refractivity contribution in [2.24, 2.45) is 5.92 Å². The maximum Gasteiger partial charge on any atom is 0.321 e. The number of aliphatic hydroxyl groups is 1. The van der Waals surface area contributed by atoms with Crippen LogP contribution in [0.3, 0.4) is 0 Å². The van der Waals surface area contributed by atoms with Gasteiger partial charge in [0.2, 0.25) is 5.91 Å². The lowest BCUT2D eigenvalue weighted by molar-refractivity contribution is -0.156. The van der Waals surface area contributed by atoms with Crippen LogP contribution in [0.25, 0.3) is 0 Å². The molecule has 0 aliphatic carbocycles. The van der Waals surface area contributed by atoms with Crippen molar-refractivity contribution in [2.75, 3.05) is 18.6 Å². The number of amides is 1. The highest BCUT2D eigenvalue weighted by atomic mass is 16.5. The summed E-state index contributed by atoms with van der Waals surface area (Å²) >= 11 is 0. The molecule has 0 saturated heterocycles. The Balaban J connectivity index is 2.42. The number of carbonyl (C=O) groups is 2. The van der Waals surface area contributed by atoms with Crippen LogP contribution in [0.5, 0.6) is 0 Å². The number of rotatable bonds is 2. The number of carbonyl (C=O) groups excluding carboxylic acids is 2. The molecule has 2 atom stereocenters. The van der Waals surface area contributed by atoms with Crippen LogP contribution in [-0.2, 0) is 14.3 Å². The molecular formula is C13H15NO4. The van der Waals surface area contributed by atoms with E-state index in [-0.39, 0.29) is 6.61 Å². The predicted molar refractivity (Wildman–Crippen MR) is 64.9 cm³/mol. The molecule has 2 rings (SSSR count). The molecule has 1 aliphatic heterocycles. The summed E-state index contributed by atoms with van der Waals surface area (Å²) in [5.74, 6) is -2.30. The van der Waals surface area contributed by atoms with E-state index in [0.717, 1.165) is 0 Å². The summed E-state index contributed by atoms with van der Waals surface area (Å²) in [7, 11) is 1.58. The summed E-state index contributed by atoms with van der Waals surface area (Å²) in [6, 6.07) is 6.97. The quantitative estimate of drug-likeness (QED) is 0.624. The smallest absolute Gasteiger partial charge is 0.321 e. The number of hydrogen-bond acceptors (Lipinski definition) is 4. The molecule has 1 aliphatic rings. The molecule has 1 N–H and O–H groups in total. The van der Waals surface area contributed by atoms with Gasteiger partial charge < -0.3 is 14.7 Å². The molecule has 5 heteroatoms. The molecule has 1 aromatic rings. The molecular weight excluding hydrogens is 234 g/mol. The number of anilines is 1. The molecule has 1 aromatic carbocycles. The molecule has 0 saturated carbocycles. The average Bonchev–Trinajstić information content (AvgIpc) is 2.37. The van der Waals surface area contributed by atoms with E-state index >= 15 is 0 Å². The fourth-order valence-corrected chi connectivity index (χ4v) is 2.15. The van der Waals surface area contributed by atoms with Crippen molar-refractivity contribution in [3.05, 3.63) is 29.8 Å². The van der Waals surface area contributed by atoms with Gasteiger partial charge in [0.25, 0.3) is 0 Å². The van der Waals surface area contributed by atoms with Gasteiger partial charge in [0.15, 0.2) is 5.92 Å². The second-order valence-corrected chi connectivity index (χ2v) is 4.13. The number of benzene rings is 1. The van der Waals surface area contributed by atoms with E-state index in [4.69, 9.17) is 4.74 Å². The zero-order valence-corrected chi connectivity index (χ0v) is 10.3. The Morgan fingerprint density at radius 1 is 1.44 bits per heavy atom. The van der Waals surface area contributed by atoms with Crippen molar-refractivity contribution >= 4 is 17.6 Å². The number of aliphatic hydroxyl groups excluding tert-OH is 1. The van der Waals surface area contributed by atoms with E-state index < -0.39 is 23.9 Å². The zero-order chi connectivity index (χ0) is 13.3. The van der Waals surface area contributed by atoms with Crippen molar-refractivity contribution in [2.45, 2.75) is 13.0 Å². The molecule has 0 fully saturated rings. The van der Waals surface area contributed by atoms with Crippen LogP contribution in [0.4, 0.5) is 5.69 Å². The van der Waals surface area contributed by atoms with E-state index in [2.05, 4.69) is 0 Å². The average molecular weight is 249 g/mol. The Hall–Kier alpha value is -1.88. The maximum absolute atomic E-state index is 12.1. The van der Waals surface area contributed by atoms with Gasteiger partial charge in [-0.2, -0.15) is 0 Å². The van der Waals surface area contributed by atoms with Gasteiger partial charge in [0, 0.05) is 18.3 Å².